The lowest BCUT2D eigenvalue weighted by Gasteiger charge is -2.26. The zero-order valence-electron chi connectivity index (χ0n) is 23.1. The van der Waals surface area contributed by atoms with E-state index in [0.29, 0.717) is 18.2 Å². The molecule has 0 saturated carbocycles. The summed E-state index contributed by atoms with van der Waals surface area (Å²) in [5, 5.41) is 12.5. The van der Waals surface area contributed by atoms with Gasteiger partial charge in [0.1, 0.15) is 12.4 Å². The number of guanidine groups is 1. The normalized spacial score (nSPS) is 18.2. The molecule has 1 N–H and O–H groups in total. The molecule has 1 fully saturated rings. The second-order valence-electron chi connectivity index (χ2n) is 10.4. The fourth-order valence-electron chi connectivity index (χ4n) is 5.17. The maximum Gasteiger partial charge on any atom is 0.416 e. The Labute approximate surface area is 232 Å². The van der Waals surface area contributed by atoms with Crippen LogP contribution < -0.4 is 10.1 Å². The van der Waals surface area contributed by atoms with Crippen LogP contribution in [0.4, 0.5) is 17.6 Å². The molecule has 0 radical (unpaired) electrons. The van der Waals surface area contributed by atoms with Crippen molar-refractivity contribution in [2.24, 2.45) is 4.99 Å². The summed E-state index contributed by atoms with van der Waals surface area (Å²) in [6.45, 7) is 7.37. The molecule has 0 spiro atoms. The number of nitriles is 1. The van der Waals surface area contributed by atoms with Crippen molar-refractivity contribution in [3.05, 3.63) is 88.0 Å². The van der Waals surface area contributed by atoms with Crippen LogP contribution in [0.5, 0.6) is 5.75 Å². The number of hydrogen-bond acceptors (Lipinski definition) is 3. The molecule has 9 heteroatoms. The summed E-state index contributed by atoms with van der Waals surface area (Å²) >= 11 is 0. The third-order valence-electron chi connectivity index (χ3n) is 7.32. The first-order valence-electron chi connectivity index (χ1n) is 13.0. The minimum Gasteiger partial charge on any atom is -0.496 e. The van der Waals surface area contributed by atoms with E-state index in [-0.39, 0.29) is 17.1 Å². The average Bonchev–Trinajstić information content (AvgIpc) is 3.22. The standard InChI is InChI=1S/C31H32F4N4O/c1-18(2)22-7-9-28(40-5)27(14-22)26-8-6-19(3)10-24(26)16-39-20(4)29(38-30(39)37-17-36)23-11-21(15-32)12-25(13-23)31(33,34)35/h6-14,18,20,29H,15-16H2,1-5H3,(H,37,38)/t20-,29-/m0/s1. The highest BCUT2D eigenvalue weighted by atomic mass is 19.4. The van der Waals surface area contributed by atoms with Crippen LogP contribution in [0.25, 0.3) is 11.1 Å². The summed E-state index contributed by atoms with van der Waals surface area (Å²) < 4.78 is 60.0. The van der Waals surface area contributed by atoms with E-state index < -0.39 is 30.5 Å². The highest BCUT2D eigenvalue weighted by Gasteiger charge is 2.38. The Morgan fingerprint density at radius 1 is 1.07 bits per heavy atom. The molecule has 40 heavy (non-hydrogen) atoms. The number of hydrogen-bond donors (Lipinski definition) is 1. The van der Waals surface area contributed by atoms with E-state index in [9.17, 15) is 22.8 Å². The number of methoxy groups -OCH3 is 1. The minimum atomic E-state index is -4.62. The number of rotatable bonds is 7. The molecule has 0 aliphatic carbocycles. The van der Waals surface area contributed by atoms with Gasteiger partial charge in [-0.1, -0.05) is 49.7 Å². The van der Waals surface area contributed by atoms with Crippen molar-refractivity contribution in [3.8, 4) is 23.1 Å². The lowest BCUT2D eigenvalue weighted by molar-refractivity contribution is -0.137. The Morgan fingerprint density at radius 3 is 2.45 bits per heavy atom. The molecule has 0 unspecified atom stereocenters. The molecule has 5 nitrogen and oxygen atoms in total. The zero-order valence-corrected chi connectivity index (χ0v) is 23.1. The predicted molar refractivity (Wildman–Crippen MR) is 147 cm³/mol. The monoisotopic (exact) mass is 552 g/mol. The number of benzene rings is 3. The van der Waals surface area contributed by atoms with E-state index >= 15 is 0 Å². The molecule has 3 aromatic rings. The molecule has 1 saturated heterocycles. The lowest BCUT2D eigenvalue weighted by Crippen LogP contribution is -2.33. The van der Waals surface area contributed by atoms with E-state index in [0.717, 1.165) is 39.9 Å². The third kappa shape index (κ3) is 5.91. The molecule has 2 atom stereocenters. The first kappa shape index (κ1) is 28.9. The average molecular weight is 553 g/mol. The highest BCUT2D eigenvalue weighted by molar-refractivity contribution is 5.85. The van der Waals surface area contributed by atoms with Gasteiger partial charge in [0.2, 0.25) is 12.2 Å². The molecular formula is C31H32F4N4O. The summed E-state index contributed by atoms with van der Waals surface area (Å²) in [5.74, 6) is 1.27. The largest absolute Gasteiger partial charge is 0.496 e. The van der Waals surface area contributed by atoms with Crippen LogP contribution in [0.2, 0.25) is 0 Å². The van der Waals surface area contributed by atoms with E-state index in [1.54, 1.807) is 13.3 Å². The summed E-state index contributed by atoms with van der Waals surface area (Å²) in [6, 6.07) is 14.4. The van der Waals surface area contributed by atoms with E-state index in [1.165, 1.54) is 6.07 Å². The summed E-state index contributed by atoms with van der Waals surface area (Å²) in [6.07, 6.45) is -2.82. The highest BCUT2D eigenvalue weighted by Crippen LogP contribution is 2.39. The van der Waals surface area contributed by atoms with Crippen LogP contribution in [0.3, 0.4) is 0 Å². The van der Waals surface area contributed by atoms with Gasteiger partial charge in [-0.3, -0.25) is 0 Å². The van der Waals surface area contributed by atoms with Crippen molar-refractivity contribution < 1.29 is 22.3 Å². The summed E-state index contributed by atoms with van der Waals surface area (Å²) in [5.41, 5.74) is 4.28. The van der Waals surface area contributed by atoms with Crippen molar-refractivity contribution in [1.82, 2.24) is 10.2 Å². The van der Waals surface area contributed by atoms with Crippen molar-refractivity contribution in [2.75, 3.05) is 7.11 Å². The van der Waals surface area contributed by atoms with Gasteiger partial charge in [-0.05, 0) is 71.8 Å². The van der Waals surface area contributed by atoms with Gasteiger partial charge in [0.15, 0.2) is 0 Å². The number of halogens is 4. The Hall–Kier alpha value is -4.06. The Bertz CT molecular complexity index is 1460. The first-order valence-corrected chi connectivity index (χ1v) is 13.0. The van der Waals surface area contributed by atoms with Crippen LogP contribution in [0.15, 0.2) is 59.6 Å². The number of ether oxygens (including phenoxy) is 1. The van der Waals surface area contributed by atoms with Crippen molar-refractivity contribution in [3.63, 3.8) is 0 Å². The minimum absolute atomic E-state index is 0.0610. The number of alkyl halides is 4. The zero-order chi connectivity index (χ0) is 29.2. The predicted octanol–water partition coefficient (Wildman–Crippen LogP) is 7.65. The van der Waals surface area contributed by atoms with E-state index in [2.05, 4.69) is 30.2 Å². The van der Waals surface area contributed by atoms with Gasteiger partial charge < -0.3 is 15.0 Å². The van der Waals surface area contributed by atoms with Gasteiger partial charge >= 0.3 is 6.18 Å². The van der Waals surface area contributed by atoms with Crippen LogP contribution in [0, 0.1) is 18.4 Å². The van der Waals surface area contributed by atoms with Gasteiger partial charge in [-0.2, -0.15) is 18.4 Å². The molecule has 1 heterocycles. The van der Waals surface area contributed by atoms with Gasteiger partial charge in [0.25, 0.3) is 0 Å². The Morgan fingerprint density at radius 2 is 1.82 bits per heavy atom. The molecule has 4 rings (SSSR count). The van der Waals surface area contributed by atoms with E-state index in [4.69, 9.17) is 4.74 Å². The maximum atomic E-state index is 13.6. The van der Waals surface area contributed by atoms with Crippen molar-refractivity contribution in [1.29, 1.82) is 5.26 Å². The van der Waals surface area contributed by atoms with Crippen molar-refractivity contribution >= 4 is 5.96 Å². The smallest absolute Gasteiger partial charge is 0.416 e. The SMILES string of the molecule is COc1ccc(C(C)C)cc1-c1ccc(C)cc1CN1/C(=N\C#N)N[C@H](c2cc(CF)cc(C(F)(F)F)c2)[C@@H]1C. The third-order valence-corrected chi connectivity index (χ3v) is 7.32. The van der Waals surface area contributed by atoms with Crippen LogP contribution in [0.1, 0.15) is 66.1 Å². The fraction of sp³-hybridized carbons (Fsp3) is 0.355. The van der Waals surface area contributed by atoms with Gasteiger partial charge in [-0.25, -0.2) is 4.39 Å². The Kier molecular flexibility index (Phi) is 8.38. The second-order valence-corrected chi connectivity index (χ2v) is 10.4. The van der Waals surface area contributed by atoms with Crippen LogP contribution in [-0.2, 0) is 19.4 Å². The van der Waals surface area contributed by atoms with Crippen molar-refractivity contribution in [2.45, 2.75) is 65.1 Å². The van der Waals surface area contributed by atoms with Crippen LogP contribution >= 0.6 is 0 Å². The maximum absolute atomic E-state index is 13.6. The molecule has 3 aromatic carbocycles. The molecule has 210 valence electrons. The van der Waals surface area contributed by atoms with Gasteiger partial charge in [0, 0.05) is 12.1 Å². The fourth-order valence-corrected chi connectivity index (χ4v) is 5.17. The number of nitrogens with zero attached hydrogens (tertiary/aromatic N) is 3. The molecular weight excluding hydrogens is 520 g/mol. The summed E-state index contributed by atoms with van der Waals surface area (Å²) in [7, 11) is 1.62. The number of aliphatic imine (C=N–C) groups is 1. The van der Waals surface area contributed by atoms with Gasteiger partial charge in [0.05, 0.1) is 24.8 Å². The topological polar surface area (TPSA) is 60.6 Å². The quantitative estimate of drug-likeness (QED) is 0.242. The number of nitrogens with one attached hydrogen (secondary N) is 1. The molecule has 0 aromatic heterocycles. The number of aryl methyl sites for hydroxylation is 1. The second kappa shape index (κ2) is 11.6. The first-order chi connectivity index (χ1) is 19.0. The van der Waals surface area contributed by atoms with Crippen LogP contribution in [-0.4, -0.2) is 24.0 Å². The van der Waals surface area contributed by atoms with Gasteiger partial charge in [-0.15, -0.1) is 4.99 Å². The molecule has 0 bridgehead atoms. The summed E-state index contributed by atoms with van der Waals surface area (Å²) in [4.78, 5) is 5.81. The lowest BCUT2D eigenvalue weighted by atomic mass is 9.92. The Balaban J connectivity index is 1.78. The molecule has 1 aliphatic heterocycles. The molecule has 0 amide bonds. The molecule has 1 aliphatic rings. The van der Waals surface area contributed by atoms with E-state index in [1.807, 2.05) is 49.1 Å².